The van der Waals surface area contributed by atoms with Crippen LogP contribution in [0.5, 0.6) is 0 Å². The summed E-state index contributed by atoms with van der Waals surface area (Å²) in [6.45, 7) is 0.829. The van der Waals surface area contributed by atoms with Crippen LogP contribution in [0, 0.1) is 10.1 Å². The second kappa shape index (κ2) is 10.2. The average Bonchev–Trinajstić information content (AvgIpc) is 2.67. The van der Waals surface area contributed by atoms with Gasteiger partial charge in [-0.25, -0.2) is 0 Å². The summed E-state index contributed by atoms with van der Waals surface area (Å²) in [5, 5.41) is 16.3. The van der Waals surface area contributed by atoms with E-state index < -0.39 is 4.92 Å². The van der Waals surface area contributed by atoms with Gasteiger partial charge in [-0.15, -0.1) is 0 Å². The highest BCUT2D eigenvalue weighted by Crippen LogP contribution is 2.14. The summed E-state index contributed by atoms with van der Waals surface area (Å²) >= 11 is 0. The van der Waals surface area contributed by atoms with Crippen LogP contribution in [-0.4, -0.2) is 48.8 Å². The number of likely N-dealkylation sites (N-methyl/N-ethyl adjacent to an activating group) is 1. The van der Waals surface area contributed by atoms with Gasteiger partial charge in [-0.05, 0) is 31.8 Å². The van der Waals surface area contributed by atoms with E-state index in [4.69, 9.17) is 0 Å². The number of hydrogen-bond acceptors (Lipinski definition) is 5. The van der Waals surface area contributed by atoms with E-state index in [1.165, 1.54) is 24.3 Å². The van der Waals surface area contributed by atoms with E-state index in [2.05, 4.69) is 10.6 Å². The van der Waals surface area contributed by atoms with E-state index in [0.717, 1.165) is 5.56 Å². The van der Waals surface area contributed by atoms with Crippen LogP contribution < -0.4 is 10.6 Å². The molecule has 2 aromatic rings. The molecule has 28 heavy (non-hydrogen) atoms. The average molecular weight is 384 g/mol. The lowest BCUT2D eigenvalue weighted by Crippen LogP contribution is -2.37. The van der Waals surface area contributed by atoms with Crippen LogP contribution in [-0.2, 0) is 4.79 Å². The lowest BCUT2D eigenvalue weighted by atomic mass is 10.1. The summed E-state index contributed by atoms with van der Waals surface area (Å²) in [7, 11) is 3.87. The topological polar surface area (TPSA) is 105 Å². The number of nitro groups is 1. The highest BCUT2D eigenvalue weighted by atomic mass is 16.6. The molecule has 0 heterocycles. The van der Waals surface area contributed by atoms with Crippen molar-refractivity contribution in [1.82, 2.24) is 15.5 Å². The first-order valence-electron chi connectivity index (χ1n) is 8.88. The molecule has 2 N–H and O–H groups in total. The highest BCUT2D eigenvalue weighted by Gasteiger charge is 2.16. The van der Waals surface area contributed by atoms with Gasteiger partial charge in [-0.3, -0.25) is 19.7 Å². The van der Waals surface area contributed by atoms with E-state index in [9.17, 15) is 19.7 Å². The lowest BCUT2D eigenvalue weighted by molar-refractivity contribution is -0.384. The normalized spacial score (nSPS) is 11.7. The monoisotopic (exact) mass is 384 g/mol. The number of carbonyl (C=O) groups is 2. The summed E-state index contributed by atoms with van der Waals surface area (Å²) in [5.74, 6) is -0.546. The molecular weight excluding hydrogens is 360 g/mol. The van der Waals surface area contributed by atoms with Crippen LogP contribution >= 0.6 is 0 Å². The molecule has 2 rings (SSSR count). The first-order valence-corrected chi connectivity index (χ1v) is 8.88. The van der Waals surface area contributed by atoms with Gasteiger partial charge in [0.25, 0.3) is 11.6 Å². The Labute approximate surface area is 163 Å². The minimum absolute atomic E-state index is 0.0798. The number of rotatable bonds is 9. The Morgan fingerprint density at radius 1 is 1.07 bits per heavy atom. The van der Waals surface area contributed by atoms with Crippen molar-refractivity contribution in [2.45, 2.75) is 12.5 Å². The van der Waals surface area contributed by atoms with Gasteiger partial charge < -0.3 is 15.5 Å². The van der Waals surface area contributed by atoms with Crippen LogP contribution in [0.4, 0.5) is 5.69 Å². The molecule has 0 fully saturated rings. The molecule has 0 spiro atoms. The van der Waals surface area contributed by atoms with Gasteiger partial charge in [-0.1, -0.05) is 30.3 Å². The van der Waals surface area contributed by atoms with Crippen molar-refractivity contribution in [2.24, 2.45) is 0 Å². The second-order valence-corrected chi connectivity index (χ2v) is 6.60. The number of nitrogens with zero attached hydrogens (tertiary/aromatic N) is 2. The Morgan fingerprint density at radius 3 is 2.29 bits per heavy atom. The molecule has 2 amide bonds. The summed E-state index contributed by atoms with van der Waals surface area (Å²) in [6.07, 6.45) is 0.134. The quantitative estimate of drug-likeness (QED) is 0.509. The molecule has 0 radical (unpaired) electrons. The van der Waals surface area contributed by atoms with E-state index in [1.807, 2.05) is 49.3 Å². The van der Waals surface area contributed by atoms with Crippen molar-refractivity contribution >= 4 is 17.5 Å². The Bertz CT molecular complexity index is 807. The van der Waals surface area contributed by atoms with Crippen molar-refractivity contribution in [3.05, 3.63) is 75.8 Å². The van der Waals surface area contributed by atoms with Crippen LogP contribution in [0.1, 0.15) is 28.4 Å². The number of non-ortho nitro benzene ring substituents is 1. The molecule has 8 nitrogen and oxygen atoms in total. The Hall–Kier alpha value is -3.26. The molecule has 0 bridgehead atoms. The maximum atomic E-state index is 12.3. The highest BCUT2D eigenvalue weighted by molar-refractivity contribution is 5.94. The molecule has 1 atom stereocenters. The number of amides is 2. The van der Waals surface area contributed by atoms with Gasteiger partial charge in [0.05, 0.1) is 11.0 Å². The summed E-state index contributed by atoms with van der Waals surface area (Å²) < 4.78 is 0. The Kier molecular flexibility index (Phi) is 7.65. The molecule has 148 valence electrons. The van der Waals surface area contributed by atoms with Crippen molar-refractivity contribution in [1.29, 1.82) is 0 Å². The molecule has 2 aromatic carbocycles. The standard InChI is InChI=1S/C20H24N4O4/c1-23(2)14-18(15-6-4-3-5-7-15)22-19(25)12-13-21-20(26)16-8-10-17(11-9-16)24(27)28/h3-11,18H,12-14H2,1-2H3,(H,21,26)(H,22,25)/t18-/m1/s1. The first-order chi connectivity index (χ1) is 13.4. The zero-order valence-corrected chi connectivity index (χ0v) is 15.9. The molecule has 0 saturated heterocycles. The summed E-state index contributed by atoms with van der Waals surface area (Å²) in [6, 6.07) is 14.9. The van der Waals surface area contributed by atoms with Gasteiger partial charge in [0, 0.05) is 37.2 Å². The number of nitro benzene ring substituents is 1. The number of hydrogen-bond donors (Lipinski definition) is 2. The maximum Gasteiger partial charge on any atom is 0.269 e. The van der Waals surface area contributed by atoms with Crippen molar-refractivity contribution in [2.75, 3.05) is 27.2 Å². The minimum Gasteiger partial charge on any atom is -0.352 e. The molecule has 0 aliphatic carbocycles. The van der Waals surface area contributed by atoms with Crippen LogP contribution in [0.3, 0.4) is 0 Å². The molecule has 0 saturated carbocycles. The zero-order valence-electron chi connectivity index (χ0n) is 15.9. The van der Waals surface area contributed by atoms with Gasteiger partial charge in [0.1, 0.15) is 0 Å². The SMILES string of the molecule is CN(C)C[C@@H](NC(=O)CCNC(=O)c1ccc([N+](=O)[O-])cc1)c1ccccc1. The van der Waals surface area contributed by atoms with Crippen LogP contribution in [0.15, 0.2) is 54.6 Å². The fourth-order valence-electron chi connectivity index (χ4n) is 2.68. The van der Waals surface area contributed by atoms with Gasteiger partial charge in [0.15, 0.2) is 0 Å². The fraction of sp³-hybridized carbons (Fsp3) is 0.300. The Balaban J connectivity index is 1.85. The largest absolute Gasteiger partial charge is 0.352 e. The summed E-state index contributed by atoms with van der Waals surface area (Å²) in [4.78, 5) is 36.5. The van der Waals surface area contributed by atoms with Gasteiger partial charge in [-0.2, -0.15) is 0 Å². The second-order valence-electron chi connectivity index (χ2n) is 6.60. The molecule has 0 aliphatic heterocycles. The predicted molar refractivity (Wildman–Crippen MR) is 106 cm³/mol. The predicted octanol–water partition coefficient (Wildman–Crippen LogP) is 2.13. The Morgan fingerprint density at radius 2 is 1.71 bits per heavy atom. The summed E-state index contributed by atoms with van der Waals surface area (Å²) in [5.41, 5.74) is 1.24. The molecule has 0 unspecified atom stereocenters. The van der Waals surface area contributed by atoms with Crippen LogP contribution in [0.25, 0.3) is 0 Å². The minimum atomic E-state index is -0.525. The first kappa shape index (κ1) is 21.0. The zero-order chi connectivity index (χ0) is 20.5. The fourth-order valence-corrected chi connectivity index (χ4v) is 2.68. The number of benzene rings is 2. The van der Waals surface area contributed by atoms with E-state index in [0.29, 0.717) is 12.1 Å². The third kappa shape index (κ3) is 6.48. The van der Waals surface area contributed by atoms with Crippen molar-refractivity contribution in [3.63, 3.8) is 0 Å². The molecule has 0 aromatic heterocycles. The smallest absolute Gasteiger partial charge is 0.269 e. The van der Waals surface area contributed by atoms with E-state index >= 15 is 0 Å². The van der Waals surface area contributed by atoms with Gasteiger partial charge >= 0.3 is 0 Å². The number of nitrogens with one attached hydrogen (secondary N) is 2. The molecule has 8 heteroatoms. The molecular formula is C20H24N4O4. The van der Waals surface area contributed by atoms with E-state index in [-0.39, 0.29) is 36.5 Å². The van der Waals surface area contributed by atoms with Crippen molar-refractivity contribution in [3.8, 4) is 0 Å². The maximum absolute atomic E-state index is 12.3. The third-order valence-electron chi connectivity index (χ3n) is 4.06. The lowest BCUT2D eigenvalue weighted by Gasteiger charge is -2.23. The van der Waals surface area contributed by atoms with Crippen LogP contribution in [0.2, 0.25) is 0 Å². The number of carbonyl (C=O) groups excluding carboxylic acids is 2. The van der Waals surface area contributed by atoms with E-state index in [1.54, 1.807) is 0 Å². The molecule has 0 aliphatic rings. The van der Waals surface area contributed by atoms with Crippen molar-refractivity contribution < 1.29 is 14.5 Å². The third-order valence-corrected chi connectivity index (χ3v) is 4.06. The van der Waals surface area contributed by atoms with Gasteiger partial charge in [0.2, 0.25) is 5.91 Å².